The van der Waals surface area contributed by atoms with Gasteiger partial charge in [-0.3, -0.25) is 0 Å². The van der Waals surface area contributed by atoms with Gasteiger partial charge in [0.2, 0.25) is 5.95 Å². The Morgan fingerprint density at radius 3 is 2.58 bits per heavy atom. The van der Waals surface area contributed by atoms with Gasteiger partial charge in [-0.2, -0.15) is 4.98 Å². The molecular formula is C20H20F2N4. The minimum Gasteiger partial charge on any atom is -0.323 e. The van der Waals surface area contributed by atoms with Gasteiger partial charge in [-0.05, 0) is 61.1 Å². The van der Waals surface area contributed by atoms with E-state index < -0.39 is 11.6 Å². The van der Waals surface area contributed by atoms with Crippen molar-refractivity contribution in [1.29, 1.82) is 0 Å². The van der Waals surface area contributed by atoms with Crippen LogP contribution in [0.1, 0.15) is 30.4 Å². The number of benzene rings is 2. The van der Waals surface area contributed by atoms with Crippen LogP contribution in [0.15, 0.2) is 42.7 Å². The second kappa shape index (κ2) is 6.86. The molecule has 26 heavy (non-hydrogen) atoms. The molecule has 1 N–H and O–H groups in total. The van der Waals surface area contributed by atoms with Gasteiger partial charge < -0.3 is 5.32 Å². The maximum atomic E-state index is 13.4. The highest BCUT2D eigenvalue weighted by Gasteiger charge is 2.20. The van der Waals surface area contributed by atoms with Crippen molar-refractivity contribution in [3.63, 3.8) is 0 Å². The molecule has 1 heterocycles. The van der Waals surface area contributed by atoms with E-state index in [2.05, 4.69) is 34.5 Å². The van der Waals surface area contributed by atoms with Crippen molar-refractivity contribution in [2.45, 2.75) is 32.6 Å². The molecule has 0 bridgehead atoms. The van der Waals surface area contributed by atoms with Crippen LogP contribution in [-0.2, 0) is 6.42 Å². The third-order valence-corrected chi connectivity index (χ3v) is 4.54. The van der Waals surface area contributed by atoms with E-state index in [-0.39, 0.29) is 5.69 Å². The Morgan fingerprint density at radius 1 is 1.08 bits per heavy atom. The lowest BCUT2D eigenvalue weighted by atomic mass is 10.0. The predicted molar refractivity (Wildman–Crippen MR) is 96.8 cm³/mol. The van der Waals surface area contributed by atoms with Crippen molar-refractivity contribution in [2.24, 2.45) is 5.92 Å². The number of nitrogens with one attached hydrogen (secondary N) is 1. The molecule has 0 spiro atoms. The summed E-state index contributed by atoms with van der Waals surface area (Å²) >= 11 is 0. The molecule has 6 heteroatoms. The minimum atomic E-state index is -0.649. The molecule has 2 aromatic carbocycles. The van der Waals surface area contributed by atoms with E-state index in [4.69, 9.17) is 0 Å². The van der Waals surface area contributed by atoms with Gasteiger partial charge in [0.25, 0.3) is 0 Å². The van der Waals surface area contributed by atoms with Crippen LogP contribution < -0.4 is 5.32 Å². The maximum absolute atomic E-state index is 13.4. The maximum Gasteiger partial charge on any atom is 0.246 e. The quantitative estimate of drug-likeness (QED) is 0.682. The Balaban J connectivity index is 1.51. The van der Waals surface area contributed by atoms with E-state index in [1.165, 1.54) is 53.5 Å². The molecule has 1 saturated carbocycles. The molecule has 0 aliphatic heterocycles. The second-order valence-corrected chi connectivity index (χ2v) is 6.95. The Labute approximate surface area is 150 Å². The molecule has 1 aromatic heterocycles. The van der Waals surface area contributed by atoms with Crippen molar-refractivity contribution >= 4 is 11.6 Å². The number of halogens is 2. The molecule has 4 rings (SSSR count). The topological polar surface area (TPSA) is 42.7 Å². The number of nitrogens with zero attached hydrogens (tertiary/aromatic N) is 3. The highest BCUT2D eigenvalue weighted by atomic mass is 19.1. The monoisotopic (exact) mass is 354 g/mol. The van der Waals surface area contributed by atoms with E-state index in [0.29, 0.717) is 5.95 Å². The van der Waals surface area contributed by atoms with Gasteiger partial charge in [0.1, 0.15) is 18.0 Å². The van der Waals surface area contributed by atoms with Gasteiger partial charge in [0.15, 0.2) is 0 Å². The van der Waals surface area contributed by atoms with Crippen LogP contribution in [0.5, 0.6) is 0 Å². The third-order valence-electron chi connectivity index (χ3n) is 4.54. The Morgan fingerprint density at radius 2 is 1.85 bits per heavy atom. The van der Waals surface area contributed by atoms with Gasteiger partial charge in [-0.25, -0.2) is 13.5 Å². The molecule has 0 unspecified atom stereocenters. The fourth-order valence-corrected chi connectivity index (χ4v) is 3.10. The molecule has 1 aliphatic rings. The summed E-state index contributed by atoms with van der Waals surface area (Å²) in [5.41, 5.74) is 3.68. The van der Waals surface area contributed by atoms with Crippen LogP contribution in [0.3, 0.4) is 0 Å². The fraction of sp³-hybridized carbons (Fsp3) is 0.300. The van der Waals surface area contributed by atoms with E-state index in [0.717, 1.165) is 24.1 Å². The smallest absolute Gasteiger partial charge is 0.246 e. The molecular weight excluding hydrogens is 334 g/mol. The summed E-state index contributed by atoms with van der Waals surface area (Å²) in [4.78, 5) is 4.19. The molecule has 0 atom stereocenters. The van der Waals surface area contributed by atoms with Crippen LogP contribution in [0.4, 0.5) is 20.4 Å². The first-order valence-electron chi connectivity index (χ1n) is 8.81. The van der Waals surface area contributed by atoms with Crippen molar-refractivity contribution in [3.8, 4) is 5.69 Å². The van der Waals surface area contributed by atoms with Crippen LogP contribution in [-0.4, -0.2) is 14.8 Å². The van der Waals surface area contributed by atoms with Gasteiger partial charge >= 0.3 is 0 Å². The number of aryl methyl sites for hydroxylation is 2. The lowest BCUT2D eigenvalue weighted by molar-refractivity contribution is 0.580. The summed E-state index contributed by atoms with van der Waals surface area (Å²) in [6, 6.07) is 9.60. The number of hydrogen-bond donors (Lipinski definition) is 1. The van der Waals surface area contributed by atoms with Crippen molar-refractivity contribution in [1.82, 2.24) is 14.8 Å². The number of hydrogen-bond acceptors (Lipinski definition) is 3. The first-order valence-corrected chi connectivity index (χ1v) is 8.81. The Hall–Kier alpha value is -2.76. The zero-order chi connectivity index (χ0) is 18.1. The molecule has 134 valence electrons. The van der Waals surface area contributed by atoms with Crippen LogP contribution >= 0.6 is 0 Å². The van der Waals surface area contributed by atoms with Crippen LogP contribution in [0.2, 0.25) is 0 Å². The standard InChI is InChI=1S/C20H20F2N4/c1-13-6-15(5-4-14-2-3-14)8-18(7-13)24-20-23-12-26(25-20)19-10-16(21)9-17(22)11-19/h6-12,14H,2-5H2,1H3,(H,24,25). The molecule has 0 amide bonds. The Kier molecular flexibility index (Phi) is 4.41. The summed E-state index contributed by atoms with van der Waals surface area (Å²) in [6.07, 6.45) is 6.46. The van der Waals surface area contributed by atoms with Crippen molar-refractivity contribution < 1.29 is 8.78 Å². The van der Waals surface area contributed by atoms with E-state index in [1.807, 2.05) is 6.07 Å². The average molecular weight is 354 g/mol. The zero-order valence-corrected chi connectivity index (χ0v) is 14.5. The molecule has 1 aliphatic carbocycles. The van der Waals surface area contributed by atoms with E-state index >= 15 is 0 Å². The number of anilines is 2. The van der Waals surface area contributed by atoms with E-state index in [1.54, 1.807) is 0 Å². The van der Waals surface area contributed by atoms with Gasteiger partial charge in [0, 0.05) is 11.8 Å². The normalized spacial score (nSPS) is 13.8. The number of rotatable bonds is 6. The van der Waals surface area contributed by atoms with Gasteiger partial charge in [-0.1, -0.05) is 18.9 Å². The highest BCUT2D eigenvalue weighted by molar-refractivity contribution is 5.56. The summed E-state index contributed by atoms with van der Waals surface area (Å²) in [6.45, 7) is 2.06. The first kappa shape index (κ1) is 16.7. The van der Waals surface area contributed by atoms with Crippen LogP contribution in [0, 0.1) is 24.5 Å². The molecule has 1 fully saturated rings. The SMILES string of the molecule is Cc1cc(CCC2CC2)cc(Nc2ncn(-c3cc(F)cc(F)c3)n2)c1. The average Bonchev–Trinajstić information content (AvgIpc) is 3.29. The van der Waals surface area contributed by atoms with Crippen molar-refractivity contribution in [3.05, 3.63) is 65.5 Å². The van der Waals surface area contributed by atoms with Gasteiger partial charge in [0.05, 0.1) is 5.69 Å². The van der Waals surface area contributed by atoms with Crippen molar-refractivity contribution in [2.75, 3.05) is 5.32 Å². The predicted octanol–water partition coefficient (Wildman–Crippen LogP) is 4.94. The first-order chi connectivity index (χ1) is 12.5. The molecule has 0 radical (unpaired) electrons. The summed E-state index contributed by atoms with van der Waals surface area (Å²) < 4.78 is 28.1. The zero-order valence-electron chi connectivity index (χ0n) is 14.5. The highest BCUT2D eigenvalue weighted by Crippen LogP contribution is 2.34. The van der Waals surface area contributed by atoms with Gasteiger partial charge in [-0.15, -0.1) is 5.10 Å². The number of aromatic nitrogens is 3. The van der Waals surface area contributed by atoms with Crippen LogP contribution in [0.25, 0.3) is 5.69 Å². The Bertz CT molecular complexity index is 911. The summed E-state index contributed by atoms with van der Waals surface area (Å²) in [5.74, 6) is -0.0163. The fourth-order valence-electron chi connectivity index (χ4n) is 3.10. The molecule has 4 nitrogen and oxygen atoms in total. The third kappa shape index (κ3) is 4.07. The minimum absolute atomic E-state index is 0.289. The van der Waals surface area contributed by atoms with E-state index in [9.17, 15) is 8.78 Å². The lowest BCUT2D eigenvalue weighted by Crippen LogP contribution is -1.99. The summed E-state index contributed by atoms with van der Waals surface area (Å²) in [5, 5.41) is 7.44. The summed E-state index contributed by atoms with van der Waals surface area (Å²) in [7, 11) is 0. The molecule has 3 aromatic rings. The largest absolute Gasteiger partial charge is 0.323 e. The molecule has 0 saturated heterocycles. The second-order valence-electron chi connectivity index (χ2n) is 6.95. The lowest BCUT2D eigenvalue weighted by Gasteiger charge is -2.08.